The fourth-order valence-corrected chi connectivity index (χ4v) is 5.09. The number of amides is 1. The Kier molecular flexibility index (Phi) is 8.95. The topological polar surface area (TPSA) is 148 Å². The molecular formula is C31H29FN4O8. The van der Waals surface area contributed by atoms with Crippen LogP contribution in [0.2, 0.25) is 0 Å². The number of nitrogens with zero attached hydrogens (tertiary/aromatic N) is 3. The minimum absolute atomic E-state index is 0.271. The van der Waals surface area contributed by atoms with Crippen LogP contribution in [0.25, 0.3) is 22.0 Å². The van der Waals surface area contributed by atoms with Gasteiger partial charge in [-0.3, -0.25) is 19.2 Å². The van der Waals surface area contributed by atoms with Crippen molar-refractivity contribution in [2.75, 3.05) is 6.61 Å². The third kappa shape index (κ3) is 6.89. The zero-order valence-electron chi connectivity index (χ0n) is 24.0. The fourth-order valence-electron chi connectivity index (χ4n) is 5.09. The van der Waals surface area contributed by atoms with E-state index in [2.05, 4.69) is 15.6 Å². The molecule has 44 heavy (non-hydrogen) atoms. The summed E-state index contributed by atoms with van der Waals surface area (Å²) in [7, 11) is 0. The number of nitrogens with one attached hydrogen (secondary N) is 1. The van der Waals surface area contributed by atoms with Crippen LogP contribution >= 0.6 is 0 Å². The van der Waals surface area contributed by atoms with E-state index < -0.39 is 60.2 Å². The van der Waals surface area contributed by atoms with Crippen LogP contribution in [0.15, 0.2) is 72.9 Å². The predicted octanol–water partition coefficient (Wildman–Crippen LogP) is 3.36. The monoisotopic (exact) mass is 604 g/mol. The molecule has 1 fully saturated rings. The number of fused-ring (bicyclic) bond motifs is 1. The van der Waals surface area contributed by atoms with Crippen LogP contribution in [0.3, 0.4) is 0 Å². The van der Waals surface area contributed by atoms with Crippen molar-refractivity contribution >= 4 is 34.6 Å². The van der Waals surface area contributed by atoms with Gasteiger partial charge >= 0.3 is 17.9 Å². The van der Waals surface area contributed by atoms with Gasteiger partial charge in [0.2, 0.25) is 0 Å². The Morgan fingerprint density at radius 2 is 1.61 bits per heavy atom. The Bertz CT molecular complexity index is 1710. The van der Waals surface area contributed by atoms with Crippen LogP contribution in [0, 0.1) is 5.82 Å². The van der Waals surface area contributed by atoms with E-state index in [1.807, 2.05) is 24.3 Å². The average Bonchev–Trinajstić information content (AvgIpc) is 3.47. The molecule has 2 heterocycles. The maximum absolute atomic E-state index is 14.0. The summed E-state index contributed by atoms with van der Waals surface area (Å²) in [5, 5.41) is 12.8. The molecule has 0 bridgehead atoms. The SMILES string of the molecule is CC(=O)OC[C@H]1OC(NC(=O)c2ccc3ccccc3c2)[C@H](OC(C)=O)[C@@H](n2cc(-c3cccc(F)c3)nn2)[C@H]1OC(C)=O. The predicted molar refractivity (Wildman–Crippen MR) is 152 cm³/mol. The van der Waals surface area contributed by atoms with E-state index in [1.54, 1.807) is 24.3 Å². The number of aromatic nitrogens is 3. The van der Waals surface area contributed by atoms with E-state index in [0.29, 0.717) is 11.1 Å². The van der Waals surface area contributed by atoms with Gasteiger partial charge in [-0.05, 0) is 35.0 Å². The number of hydrogen-bond acceptors (Lipinski definition) is 10. The highest BCUT2D eigenvalue weighted by atomic mass is 19.1. The van der Waals surface area contributed by atoms with E-state index in [0.717, 1.165) is 10.8 Å². The van der Waals surface area contributed by atoms with E-state index >= 15 is 0 Å². The van der Waals surface area contributed by atoms with Crippen LogP contribution in [0.5, 0.6) is 0 Å². The molecule has 1 amide bonds. The zero-order chi connectivity index (χ0) is 31.4. The molecule has 1 aliphatic rings. The Hall–Kier alpha value is -5.17. The summed E-state index contributed by atoms with van der Waals surface area (Å²) in [6.07, 6.45) is -3.53. The van der Waals surface area contributed by atoms with Crippen LogP contribution in [-0.4, -0.2) is 70.0 Å². The van der Waals surface area contributed by atoms with Gasteiger partial charge in [-0.15, -0.1) is 5.10 Å². The summed E-state index contributed by atoms with van der Waals surface area (Å²) in [5.74, 6) is -3.09. The lowest BCUT2D eigenvalue weighted by Crippen LogP contribution is -2.63. The zero-order valence-corrected chi connectivity index (χ0v) is 24.0. The molecule has 0 aliphatic carbocycles. The molecule has 0 saturated carbocycles. The largest absolute Gasteiger partial charge is 0.463 e. The molecular weight excluding hydrogens is 575 g/mol. The number of rotatable bonds is 8. The first-order chi connectivity index (χ1) is 21.1. The lowest BCUT2D eigenvalue weighted by Gasteiger charge is -2.45. The van der Waals surface area contributed by atoms with Crippen molar-refractivity contribution in [1.82, 2.24) is 20.3 Å². The van der Waals surface area contributed by atoms with Crippen molar-refractivity contribution in [2.45, 2.75) is 51.4 Å². The first kappa shape index (κ1) is 30.3. The van der Waals surface area contributed by atoms with Crippen molar-refractivity contribution in [1.29, 1.82) is 0 Å². The Morgan fingerprint density at radius 3 is 2.32 bits per heavy atom. The molecule has 12 nitrogen and oxygen atoms in total. The molecule has 13 heteroatoms. The Labute approximate surface area is 251 Å². The molecule has 1 N–H and O–H groups in total. The molecule has 1 unspecified atom stereocenters. The van der Waals surface area contributed by atoms with Gasteiger partial charge in [-0.2, -0.15) is 0 Å². The standard InChI is InChI=1S/C31H29FN4O8/c1-17(37)41-16-26-28(42-18(2)38)27(36-15-25(34-35-36)22-9-6-10-24(32)14-22)29(43-19(3)39)31(44-26)33-30(40)23-12-11-20-7-4-5-8-21(20)13-23/h4-15,26-29,31H,16H2,1-3H3,(H,33,40)/t26-,27+,28+,29-,31?/m1/s1. The maximum atomic E-state index is 14.0. The summed E-state index contributed by atoms with van der Waals surface area (Å²) in [5.41, 5.74) is 0.986. The van der Waals surface area contributed by atoms with Gasteiger partial charge in [-0.1, -0.05) is 47.7 Å². The van der Waals surface area contributed by atoms with Gasteiger partial charge in [0.05, 0.1) is 6.20 Å². The number of ether oxygens (including phenoxy) is 4. The lowest BCUT2D eigenvalue weighted by molar-refractivity contribution is -0.232. The first-order valence-corrected chi connectivity index (χ1v) is 13.7. The summed E-state index contributed by atoms with van der Waals surface area (Å²) in [6, 6.07) is 17.2. The Morgan fingerprint density at radius 1 is 0.886 bits per heavy atom. The van der Waals surface area contributed by atoms with E-state index in [-0.39, 0.29) is 12.3 Å². The third-order valence-corrected chi connectivity index (χ3v) is 6.94. The van der Waals surface area contributed by atoms with Crippen molar-refractivity contribution in [3.63, 3.8) is 0 Å². The summed E-state index contributed by atoms with van der Waals surface area (Å²) in [6.45, 7) is 3.17. The highest BCUT2D eigenvalue weighted by Gasteiger charge is 2.52. The van der Waals surface area contributed by atoms with E-state index in [4.69, 9.17) is 18.9 Å². The molecule has 0 spiro atoms. The minimum atomic E-state index is -1.32. The third-order valence-electron chi connectivity index (χ3n) is 6.94. The number of halogens is 1. The minimum Gasteiger partial charge on any atom is -0.463 e. The quantitative estimate of drug-likeness (QED) is 0.234. The van der Waals surface area contributed by atoms with Crippen LogP contribution in [-0.2, 0) is 33.3 Å². The second-order valence-corrected chi connectivity index (χ2v) is 10.2. The summed E-state index contributed by atoms with van der Waals surface area (Å²) in [4.78, 5) is 49.9. The number of hydrogen-bond donors (Lipinski definition) is 1. The molecule has 1 aromatic heterocycles. The fraction of sp³-hybridized carbons (Fsp3) is 0.290. The Balaban J connectivity index is 1.55. The highest BCUT2D eigenvalue weighted by molar-refractivity contribution is 5.98. The first-order valence-electron chi connectivity index (χ1n) is 13.7. The average molecular weight is 605 g/mol. The highest BCUT2D eigenvalue weighted by Crippen LogP contribution is 2.35. The van der Waals surface area contributed by atoms with Crippen molar-refractivity contribution < 1.29 is 42.5 Å². The molecule has 1 aliphatic heterocycles. The van der Waals surface area contributed by atoms with Crippen molar-refractivity contribution in [3.05, 3.63) is 84.3 Å². The molecule has 228 valence electrons. The van der Waals surface area contributed by atoms with Gasteiger partial charge in [0.1, 0.15) is 30.3 Å². The van der Waals surface area contributed by atoms with Crippen LogP contribution < -0.4 is 5.32 Å². The number of carbonyl (C=O) groups is 4. The second-order valence-electron chi connectivity index (χ2n) is 10.2. The number of benzene rings is 3. The molecule has 0 radical (unpaired) electrons. The van der Waals surface area contributed by atoms with Gasteiger partial charge in [0, 0.05) is 31.9 Å². The number of carbonyl (C=O) groups excluding carboxylic acids is 4. The lowest BCUT2D eigenvalue weighted by atomic mass is 9.94. The van der Waals surface area contributed by atoms with Crippen LogP contribution in [0.4, 0.5) is 4.39 Å². The van der Waals surface area contributed by atoms with Gasteiger partial charge in [-0.25, -0.2) is 9.07 Å². The summed E-state index contributed by atoms with van der Waals surface area (Å²) >= 11 is 0. The van der Waals surface area contributed by atoms with E-state index in [1.165, 1.54) is 49.8 Å². The van der Waals surface area contributed by atoms with Crippen LogP contribution in [0.1, 0.15) is 37.2 Å². The molecule has 3 aromatic carbocycles. The smallest absolute Gasteiger partial charge is 0.303 e. The number of esters is 3. The molecule has 5 rings (SSSR count). The van der Waals surface area contributed by atoms with Gasteiger partial charge < -0.3 is 24.3 Å². The van der Waals surface area contributed by atoms with Gasteiger partial charge in [0.25, 0.3) is 5.91 Å². The second kappa shape index (κ2) is 13.0. The van der Waals surface area contributed by atoms with Crippen molar-refractivity contribution in [3.8, 4) is 11.3 Å². The normalized spacial score (nSPS) is 21.3. The maximum Gasteiger partial charge on any atom is 0.303 e. The summed E-state index contributed by atoms with van der Waals surface area (Å²) < 4.78 is 37.9. The van der Waals surface area contributed by atoms with Gasteiger partial charge in [0.15, 0.2) is 18.4 Å². The van der Waals surface area contributed by atoms with Crippen molar-refractivity contribution in [2.24, 2.45) is 0 Å². The molecule has 4 aromatic rings. The van der Waals surface area contributed by atoms with E-state index in [9.17, 15) is 23.6 Å². The molecule has 5 atom stereocenters. The molecule has 1 saturated heterocycles.